The lowest BCUT2D eigenvalue weighted by atomic mass is 10.1. The van der Waals surface area contributed by atoms with Gasteiger partial charge in [-0.2, -0.15) is 18.3 Å². The lowest BCUT2D eigenvalue weighted by molar-refractivity contribution is -0.140. The van der Waals surface area contributed by atoms with E-state index in [4.69, 9.17) is 4.74 Å². The zero-order valence-electron chi connectivity index (χ0n) is 12.9. The van der Waals surface area contributed by atoms with Crippen molar-refractivity contribution in [1.82, 2.24) is 20.0 Å². The Morgan fingerprint density at radius 2 is 2.10 bits per heavy atom. The second-order valence-electron chi connectivity index (χ2n) is 5.05. The monoisotopic (exact) mass is 308 g/mol. The zero-order valence-corrected chi connectivity index (χ0v) is 12.9. The molecule has 5 nitrogen and oxygen atoms in total. The molecular weight excluding hydrogens is 285 g/mol. The van der Waals surface area contributed by atoms with Gasteiger partial charge in [0, 0.05) is 6.54 Å². The van der Waals surface area contributed by atoms with E-state index in [0.717, 1.165) is 0 Å². The minimum Gasteiger partial charge on any atom is -0.493 e. The molecule has 1 aromatic heterocycles. The second kappa shape index (κ2) is 7.65. The van der Waals surface area contributed by atoms with E-state index >= 15 is 0 Å². The molecule has 0 radical (unpaired) electrons. The average Bonchev–Trinajstić information content (AvgIpc) is 2.77. The average molecular weight is 308 g/mol. The Balaban J connectivity index is 3.05. The van der Waals surface area contributed by atoms with Crippen molar-refractivity contribution in [3.63, 3.8) is 0 Å². The summed E-state index contributed by atoms with van der Waals surface area (Å²) in [6.45, 7) is 3.40. The molecule has 0 fully saturated rings. The van der Waals surface area contributed by atoms with Crippen molar-refractivity contribution in [2.24, 2.45) is 0 Å². The summed E-state index contributed by atoms with van der Waals surface area (Å²) in [4.78, 5) is 1.95. The van der Waals surface area contributed by atoms with Gasteiger partial charge >= 0.3 is 6.18 Å². The molecule has 8 heteroatoms. The van der Waals surface area contributed by atoms with Gasteiger partial charge in [-0.05, 0) is 20.6 Å². The van der Waals surface area contributed by atoms with Crippen LogP contribution in [0.2, 0.25) is 0 Å². The van der Waals surface area contributed by atoms with Gasteiger partial charge in [-0.15, -0.1) is 0 Å². The molecule has 122 valence electrons. The summed E-state index contributed by atoms with van der Waals surface area (Å²) in [5, 5.41) is 7.02. The molecule has 0 aromatic carbocycles. The summed E-state index contributed by atoms with van der Waals surface area (Å²) in [6.07, 6.45) is -3.74. The van der Waals surface area contributed by atoms with Crippen LogP contribution in [0, 0.1) is 0 Å². The summed E-state index contributed by atoms with van der Waals surface area (Å²) in [6, 6.07) is -0.866. The van der Waals surface area contributed by atoms with Gasteiger partial charge in [0.15, 0.2) is 5.75 Å². The lowest BCUT2D eigenvalue weighted by Crippen LogP contribution is -2.30. The fourth-order valence-corrected chi connectivity index (χ4v) is 2.10. The molecule has 1 atom stereocenters. The van der Waals surface area contributed by atoms with E-state index in [9.17, 15) is 13.2 Å². The van der Waals surface area contributed by atoms with E-state index in [2.05, 4.69) is 10.4 Å². The molecule has 0 aliphatic rings. The van der Waals surface area contributed by atoms with Crippen molar-refractivity contribution in [3.05, 3.63) is 11.9 Å². The first-order chi connectivity index (χ1) is 9.78. The minimum atomic E-state index is -4.26. The standard InChI is InChI=1S/C13H23F3N4O/c1-5-17-10(8-13(14,15)16)12-11(21-4)9-18-20(12)7-6-19(2)3/h9-10,17H,5-8H2,1-4H3. The van der Waals surface area contributed by atoms with E-state index in [0.29, 0.717) is 31.1 Å². The van der Waals surface area contributed by atoms with Crippen LogP contribution in [0.4, 0.5) is 13.2 Å². The first kappa shape index (κ1) is 17.8. The maximum atomic E-state index is 12.8. The highest BCUT2D eigenvalue weighted by Gasteiger charge is 2.35. The number of halogens is 3. The number of likely N-dealkylation sites (N-methyl/N-ethyl adjacent to an activating group) is 1. The van der Waals surface area contributed by atoms with Gasteiger partial charge in [-0.1, -0.05) is 6.92 Å². The summed E-state index contributed by atoms with van der Waals surface area (Å²) in [5.41, 5.74) is 0.443. The van der Waals surface area contributed by atoms with Crippen LogP contribution in [0.25, 0.3) is 0 Å². The maximum Gasteiger partial charge on any atom is 0.390 e. The van der Waals surface area contributed by atoms with Crippen LogP contribution in [0.15, 0.2) is 6.20 Å². The fourth-order valence-electron chi connectivity index (χ4n) is 2.10. The van der Waals surface area contributed by atoms with E-state index in [1.807, 2.05) is 19.0 Å². The largest absolute Gasteiger partial charge is 0.493 e. The van der Waals surface area contributed by atoms with E-state index in [-0.39, 0.29) is 0 Å². The quantitative estimate of drug-likeness (QED) is 0.798. The SMILES string of the molecule is CCNC(CC(F)(F)F)c1c(OC)cnn1CCN(C)C. The number of nitrogens with zero attached hydrogens (tertiary/aromatic N) is 3. The Morgan fingerprint density at radius 1 is 1.43 bits per heavy atom. The molecule has 1 aromatic rings. The molecule has 0 amide bonds. The number of hydrogen-bond donors (Lipinski definition) is 1. The molecule has 1 heterocycles. The molecule has 0 saturated heterocycles. The van der Waals surface area contributed by atoms with Crippen molar-refractivity contribution in [2.75, 3.05) is 34.3 Å². The highest BCUT2D eigenvalue weighted by molar-refractivity contribution is 5.28. The smallest absolute Gasteiger partial charge is 0.390 e. The van der Waals surface area contributed by atoms with Gasteiger partial charge in [-0.3, -0.25) is 4.68 Å². The molecule has 0 aliphatic carbocycles. The Labute approximate surface area is 123 Å². The van der Waals surface area contributed by atoms with Crippen LogP contribution in [-0.4, -0.2) is 55.2 Å². The third-order valence-corrected chi connectivity index (χ3v) is 3.04. The van der Waals surface area contributed by atoms with Gasteiger partial charge in [-0.25, -0.2) is 0 Å². The number of rotatable bonds is 8. The number of alkyl halides is 3. The van der Waals surface area contributed by atoms with Gasteiger partial charge in [0.1, 0.15) is 0 Å². The maximum absolute atomic E-state index is 12.8. The number of hydrogen-bond acceptors (Lipinski definition) is 4. The van der Waals surface area contributed by atoms with E-state index in [1.54, 1.807) is 11.6 Å². The molecule has 0 bridgehead atoms. The molecule has 1 rings (SSSR count). The Morgan fingerprint density at radius 3 is 2.57 bits per heavy atom. The Kier molecular flexibility index (Phi) is 6.47. The minimum absolute atomic E-state index is 0.379. The van der Waals surface area contributed by atoms with Crippen LogP contribution in [0.1, 0.15) is 25.1 Å². The second-order valence-corrected chi connectivity index (χ2v) is 5.05. The van der Waals surface area contributed by atoms with Crippen LogP contribution in [-0.2, 0) is 6.54 Å². The summed E-state index contributed by atoms with van der Waals surface area (Å²) in [5.74, 6) is 0.379. The van der Waals surface area contributed by atoms with Crippen molar-refractivity contribution in [1.29, 1.82) is 0 Å². The predicted molar refractivity (Wildman–Crippen MR) is 74.4 cm³/mol. The first-order valence-corrected chi connectivity index (χ1v) is 6.83. The fraction of sp³-hybridized carbons (Fsp3) is 0.769. The summed E-state index contributed by atoms with van der Waals surface area (Å²) < 4.78 is 45.1. The molecule has 1 N–H and O–H groups in total. The van der Waals surface area contributed by atoms with Gasteiger partial charge in [0.25, 0.3) is 0 Å². The molecular formula is C13H23F3N4O. The van der Waals surface area contributed by atoms with Crippen molar-refractivity contribution in [3.8, 4) is 5.75 Å². The van der Waals surface area contributed by atoms with E-state index in [1.165, 1.54) is 13.3 Å². The van der Waals surface area contributed by atoms with Crippen LogP contribution >= 0.6 is 0 Å². The van der Waals surface area contributed by atoms with Crippen LogP contribution in [0.5, 0.6) is 5.75 Å². The highest BCUT2D eigenvalue weighted by atomic mass is 19.4. The Bertz CT molecular complexity index is 432. The first-order valence-electron chi connectivity index (χ1n) is 6.83. The third-order valence-electron chi connectivity index (χ3n) is 3.04. The van der Waals surface area contributed by atoms with Crippen LogP contribution < -0.4 is 10.1 Å². The van der Waals surface area contributed by atoms with Gasteiger partial charge < -0.3 is 15.0 Å². The van der Waals surface area contributed by atoms with Crippen LogP contribution in [0.3, 0.4) is 0 Å². The molecule has 1 unspecified atom stereocenters. The number of nitrogens with one attached hydrogen (secondary N) is 1. The summed E-state index contributed by atoms with van der Waals surface area (Å²) in [7, 11) is 5.24. The summed E-state index contributed by atoms with van der Waals surface area (Å²) >= 11 is 0. The Hall–Kier alpha value is -1.28. The van der Waals surface area contributed by atoms with Gasteiger partial charge in [0.05, 0.1) is 38.0 Å². The zero-order chi connectivity index (χ0) is 16.0. The number of ether oxygens (including phenoxy) is 1. The van der Waals surface area contributed by atoms with Gasteiger partial charge in [0.2, 0.25) is 0 Å². The molecule has 0 saturated carbocycles. The number of aromatic nitrogens is 2. The van der Waals surface area contributed by atoms with E-state index < -0.39 is 18.6 Å². The third kappa shape index (κ3) is 5.55. The predicted octanol–water partition coefficient (Wildman–Crippen LogP) is 2.06. The molecule has 0 aliphatic heterocycles. The normalized spacial score (nSPS) is 13.7. The lowest BCUT2D eigenvalue weighted by Gasteiger charge is -2.22. The highest BCUT2D eigenvalue weighted by Crippen LogP contribution is 2.33. The topological polar surface area (TPSA) is 42.3 Å². The number of methoxy groups -OCH3 is 1. The van der Waals surface area contributed by atoms with Crippen molar-refractivity contribution in [2.45, 2.75) is 32.1 Å². The van der Waals surface area contributed by atoms with Crippen molar-refractivity contribution >= 4 is 0 Å². The van der Waals surface area contributed by atoms with Crippen molar-refractivity contribution < 1.29 is 17.9 Å². The molecule has 21 heavy (non-hydrogen) atoms. The molecule has 0 spiro atoms.